The smallest absolute Gasteiger partial charge is 0.0173 e. The monoisotopic (exact) mass is 196 g/mol. The highest BCUT2D eigenvalue weighted by molar-refractivity contribution is 5.06. The van der Waals surface area contributed by atoms with Crippen molar-refractivity contribution < 1.29 is 0 Å². The van der Waals surface area contributed by atoms with E-state index in [9.17, 15) is 0 Å². The van der Waals surface area contributed by atoms with E-state index in [4.69, 9.17) is 0 Å². The van der Waals surface area contributed by atoms with Gasteiger partial charge in [-0.25, -0.2) is 0 Å². The molecule has 2 nitrogen and oxygen atoms in total. The van der Waals surface area contributed by atoms with Crippen molar-refractivity contribution >= 4 is 0 Å². The highest BCUT2D eigenvalue weighted by Crippen LogP contribution is 2.37. The Morgan fingerprint density at radius 1 is 1.14 bits per heavy atom. The molecule has 0 bridgehead atoms. The molecular formula is C12H24N2. The van der Waals surface area contributed by atoms with E-state index >= 15 is 0 Å². The molecule has 2 N–H and O–H groups in total. The molecule has 2 aliphatic rings. The zero-order valence-electron chi connectivity index (χ0n) is 9.98. The second kappa shape index (κ2) is 3.21. The molecule has 0 aliphatic carbocycles. The van der Waals surface area contributed by atoms with Gasteiger partial charge in [0.05, 0.1) is 0 Å². The third-order valence-corrected chi connectivity index (χ3v) is 3.90. The van der Waals surface area contributed by atoms with Crippen LogP contribution in [0.5, 0.6) is 0 Å². The highest BCUT2D eigenvalue weighted by atomic mass is 15.1. The standard InChI is InChI=1S/C12H24N2/c1-11(2)8-10-9(6-5-7-13-10)12(3,4)14-11/h9-10,13-14H,5-8H2,1-4H3. The molecule has 2 saturated heterocycles. The van der Waals surface area contributed by atoms with Gasteiger partial charge in [0.1, 0.15) is 0 Å². The van der Waals surface area contributed by atoms with Crippen molar-refractivity contribution in [2.75, 3.05) is 6.54 Å². The Morgan fingerprint density at radius 2 is 1.86 bits per heavy atom. The summed E-state index contributed by atoms with van der Waals surface area (Å²) in [5, 5.41) is 7.48. The Bertz CT molecular complexity index is 220. The molecule has 0 aromatic heterocycles. The molecule has 2 aliphatic heterocycles. The molecule has 0 aromatic rings. The second-order valence-electron chi connectivity index (χ2n) is 6.24. The molecule has 2 heterocycles. The fourth-order valence-corrected chi connectivity index (χ4v) is 3.60. The van der Waals surface area contributed by atoms with Crippen molar-refractivity contribution in [3.63, 3.8) is 0 Å². The van der Waals surface area contributed by atoms with Crippen LogP contribution < -0.4 is 10.6 Å². The first-order valence-corrected chi connectivity index (χ1v) is 5.93. The number of rotatable bonds is 0. The largest absolute Gasteiger partial charge is 0.314 e. The van der Waals surface area contributed by atoms with Crippen molar-refractivity contribution in [1.82, 2.24) is 10.6 Å². The van der Waals surface area contributed by atoms with Crippen LogP contribution in [0, 0.1) is 5.92 Å². The van der Waals surface area contributed by atoms with Gasteiger partial charge in [0.15, 0.2) is 0 Å². The summed E-state index contributed by atoms with van der Waals surface area (Å²) in [7, 11) is 0. The van der Waals surface area contributed by atoms with Gasteiger partial charge in [0, 0.05) is 17.1 Å². The number of fused-ring (bicyclic) bond motifs is 1. The van der Waals surface area contributed by atoms with Crippen LogP contribution in [0.15, 0.2) is 0 Å². The Kier molecular flexibility index (Phi) is 2.39. The van der Waals surface area contributed by atoms with Crippen molar-refractivity contribution in [2.45, 2.75) is 64.1 Å². The molecular weight excluding hydrogens is 172 g/mol. The minimum Gasteiger partial charge on any atom is -0.314 e. The van der Waals surface area contributed by atoms with Crippen LogP contribution in [0.2, 0.25) is 0 Å². The average molecular weight is 196 g/mol. The maximum atomic E-state index is 3.79. The van der Waals surface area contributed by atoms with Crippen LogP contribution in [-0.2, 0) is 0 Å². The van der Waals surface area contributed by atoms with Crippen molar-refractivity contribution in [3.05, 3.63) is 0 Å². The topological polar surface area (TPSA) is 24.1 Å². The lowest BCUT2D eigenvalue weighted by Gasteiger charge is -2.54. The maximum absolute atomic E-state index is 3.79. The number of hydrogen-bond donors (Lipinski definition) is 2. The third-order valence-electron chi connectivity index (χ3n) is 3.90. The van der Waals surface area contributed by atoms with Gasteiger partial charge >= 0.3 is 0 Å². The number of piperidine rings is 2. The summed E-state index contributed by atoms with van der Waals surface area (Å²) in [5.41, 5.74) is 0.578. The molecule has 2 atom stereocenters. The molecule has 0 aromatic carbocycles. The minimum absolute atomic E-state index is 0.287. The Hall–Kier alpha value is -0.0800. The summed E-state index contributed by atoms with van der Waals surface area (Å²) < 4.78 is 0. The molecule has 2 heteroatoms. The molecule has 0 radical (unpaired) electrons. The quantitative estimate of drug-likeness (QED) is 0.618. The predicted molar refractivity (Wildman–Crippen MR) is 60.4 cm³/mol. The van der Waals surface area contributed by atoms with E-state index in [0.717, 1.165) is 12.0 Å². The van der Waals surface area contributed by atoms with Gasteiger partial charge in [-0.1, -0.05) is 0 Å². The number of hydrogen-bond acceptors (Lipinski definition) is 2. The van der Waals surface area contributed by atoms with Gasteiger partial charge in [0.25, 0.3) is 0 Å². The van der Waals surface area contributed by atoms with E-state index in [1.165, 1.54) is 25.8 Å². The second-order valence-corrected chi connectivity index (χ2v) is 6.24. The molecule has 0 spiro atoms. The van der Waals surface area contributed by atoms with Crippen molar-refractivity contribution in [3.8, 4) is 0 Å². The lowest BCUT2D eigenvalue weighted by molar-refractivity contribution is 0.0529. The van der Waals surface area contributed by atoms with Gasteiger partial charge in [-0.05, 0) is 59.4 Å². The van der Waals surface area contributed by atoms with Crippen LogP contribution >= 0.6 is 0 Å². The lowest BCUT2D eigenvalue weighted by Crippen LogP contribution is -2.68. The average Bonchev–Trinajstić information content (AvgIpc) is 2.00. The van der Waals surface area contributed by atoms with E-state index in [0.29, 0.717) is 5.54 Å². The van der Waals surface area contributed by atoms with E-state index < -0.39 is 0 Å². The van der Waals surface area contributed by atoms with Crippen LogP contribution in [0.4, 0.5) is 0 Å². The first-order valence-electron chi connectivity index (χ1n) is 5.93. The SMILES string of the molecule is CC1(C)CC2NCCCC2C(C)(C)N1. The molecule has 2 unspecified atom stereocenters. The molecule has 14 heavy (non-hydrogen) atoms. The van der Waals surface area contributed by atoms with Crippen LogP contribution in [-0.4, -0.2) is 23.7 Å². The Morgan fingerprint density at radius 3 is 2.57 bits per heavy atom. The molecule has 2 fully saturated rings. The zero-order chi connectivity index (χ0) is 10.4. The van der Waals surface area contributed by atoms with E-state index in [2.05, 4.69) is 38.3 Å². The summed E-state index contributed by atoms with van der Waals surface area (Å²) in [6, 6.07) is 0.731. The summed E-state index contributed by atoms with van der Waals surface area (Å²) in [4.78, 5) is 0. The summed E-state index contributed by atoms with van der Waals surface area (Å²) >= 11 is 0. The Balaban J connectivity index is 2.18. The molecule has 0 amide bonds. The number of nitrogens with one attached hydrogen (secondary N) is 2. The van der Waals surface area contributed by atoms with Gasteiger partial charge in [-0.3, -0.25) is 0 Å². The normalized spacial score (nSPS) is 40.3. The zero-order valence-corrected chi connectivity index (χ0v) is 9.98. The summed E-state index contributed by atoms with van der Waals surface area (Å²) in [6.07, 6.45) is 3.99. The van der Waals surface area contributed by atoms with Gasteiger partial charge < -0.3 is 10.6 Å². The van der Waals surface area contributed by atoms with Crippen LogP contribution in [0.1, 0.15) is 47.0 Å². The summed E-state index contributed by atoms with van der Waals surface area (Å²) in [6.45, 7) is 10.6. The minimum atomic E-state index is 0.287. The molecule has 2 rings (SSSR count). The van der Waals surface area contributed by atoms with Crippen molar-refractivity contribution in [1.29, 1.82) is 0 Å². The lowest BCUT2D eigenvalue weighted by atomic mass is 9.68. The first kappa shape index (κ1) is 10.4. The predicted octanol–water partition coefficient (Wildman–Crippen LogP) is 1.91. The van der Waals surface area contributed by atoms with Gasteiger partial charge in [-0.2, -0.15) is 0 Å². The summed E-state index contributed by atoms with van der Waals surface area (Å²) in [5.74, 6) is 0.810. The first-order chi connectivity index (χ1) is 6.41. The third kappa shape index (κ3) is 1.82. The van der Waals surface area contributed by atoms with Crippen LogP contribution in [0.3, 0.4) is 0 Å². The molecule has 0 saturated carbocycles. The molecule has 82 valence electrons. The van der Waals surface area contributed by atoms with E-state index in [1.807, 2.05) is 0 Å². The fraction of sp³-hybridized carbons (Fsp3) is 1.00. The van der Waals surface area contributed by atoms with Gasteiger partial charge in [0.2, 0.25) is 0 Å². The maximum Gasteiger partial charge on any atom is 0.0173 e. The van der Waals surface area contributed by atoms with Crippen molar-refractivity contribution in [2.24, 2.45) is 5.92 Å². The fourth-order valence-electron chi connectivity index (χ4n) is 3.60. The van der Waals surface area contributed by atoms with E-state index in [1.54, 1.807) is 0 Å². The Labute approximate surface area is 87.8 Å². The van der Waals surface area contributed by atoms with Gasteiger partial charge in [-0.15, -0.1) is 0 Å². The van der Waals surface area contributed by atoms with Crippen LogP contribution in [0.25, 0.3) is 0 Å². The van der Waals surface area contributed by atoms with E-state index in [-0.39, 0.29) is 5.54 Å². The highest BCUT2D eigenvalue weighted by Gasteiger charge is 2.45.